The lowest BCUT2D eigenvalue weighted by molar-refractivity contribution is -0.135. The Balaban J connectivity index is 1.65. The molecule has 29 heavy (non-hydrogen) atoms. The molecule has 0 bridgehead atoms. The van der Waals surface area contributed by atoms with Gasteiger partial charge in [0.05, 0.1) is 5.69 Å². The van der Waals surface area contributed by atoms with Crippen molar-refractivity contribution in [3.63, 3.8) is 0 Å². The summed E-state index contributed by atoms with van der Waals surface area (Å²) < 4.78 is 0. The van der Waals surface area contributed by atoms with E-state index in [2.05, 4.69) is 20.2 Å². The Morgan fingerprint density at radius 2 is 2.00 bits per heavy atom. The van der Waals surface area contributed by atoms with E-state index in [9.17, 15) is 14.7 Å². The minimum atomic E-state index is -1.17. The first kappa shape index (κ1) is 20.9. The monoisotopic (exact) mass is 418 g/mol. The van der Waals surface area contributed by atoms with Gasteiger partial charge in [-0.3, -0.25) is 9.59 Å². The summed E-state index contributed by atoms with van der Waals surface area (Å²) in [5.41, 5.74) is 1.21. The number of aromatic hydroxyl groups is 1. The first-order valence-electron chi connectivity index (χ1n) is 9.40. The lowest BCUT2D eigenvalue weighted by Gasteiger charge is -2.33. The molecule has 0 atom stereocenters. The van der Waals surface area contributed by atoms with Gasteiger partial charge in [-0.2, -0.15) is 0 Å². The van der Waals surface area contributed by atoms with Crippen LogP contribution in [0, 0.1) is 12.8 Å². The number of aryl methyl sites for hydroxylation is 1. The molecule has 1 saturated heterocycles. The molecule has 1 fully saturated rings. The highest BCUT2D eigenvalue weighted by Gasteiger charge is 2.23. The SMILES string of the molecule is Cc1nc(CC2CCN(c3cccc(Cl)c3)CC2)nc(C(=O)NCC(=O)O)c1O. The zero-order valence-corrected chi connectivity index (χ0v) is 16.8. The van der Waals surface area contributed by atoms with E-state index in [-0.39, 0.29) is 11.4 Å². The molecule has 0 saturated carbocycles. The molecule has 1 amide bonds. The van der Waals surface area contributed by atoms with Gasteiger partial charge in [-0.05, 0) is 43.9 Å². The Bertz CT molecular complexity index is 913. The van der Waals surface area contributed by atoms with Crippen molar-refractivity contribution in [2.24, 2.45) is 5.92 Å². The summed E-state index contributed by atoms with van der Waals surface area (Å²) in [4.78, 5) is 33.6. The first-order chi connectivity index (χ1) is 13.8. The molecular formula is C20H23ClN4O4. The van der Waals surface area contributed by atoms with E-state index in [1.54, 1.807) is 6.92 Å². The quantitative estimate of drug-likeness (QED) is 0.659. The van der Waals surface area contributed by atoms with Gasteiger partial charge in [-0.1, -0.05) is 17.7 Å². The first-order valence-corrected chi connectivity index (χ1v) is 9.78. The predicted molar refractivity (Wildman–Crippen MR) is 108 cm³/mol. The molecule has 154 valence electrons. The van der Waals surface area contributed by atoms with E-state index in [4.69, 9.17) is 16.7 Å². The number of carboxylic acids is 1. The largest absolute Gasteiger partial charge is 0.504 e. The molecule has 9 heteroatoms. The van der Waals surface area contributed by atoms with Crippen LogP contribution < -0.4 is 10.2 Å². The number of carbonyl (C=O) groups is 2. The average Bonchev–Trinajstić information content (AvgIpc) is 2.69. The number of piperidine rings is 1. The van der Waals surface area contributed by atoms with Crippen LogP contribution in [0.25, 0.3) is 0 Å². The fourth-order valence-electron chi connectivity index (χ4n) is 3.44. The van der Waals surface area contributed by atoms with Gasteiger partial charge in [0.15, 0.2) is 11.4 Å². The highest BCUT2D eigenvalue weighted by Crippen LogP contribution is 2.27. The van der Waals surface area contributed by atoms with Crippen molar-refractivity contribution in [1.82, 2.24) is 15.3 Å². The molecule has 8 nitrogen and oxygen atoms in total. The maximum Gasteiger partial charge on any atom is 0.322 e. The third-order valence-corrected chi connectivity index (χ3v) is 5.21. The Kier molecular flexibility index (Phi) is 6.53. The smallest absolute Gasteiger partial charge is 0.322 e. The van der Waals surface area contributed by atoms with Crippen LogP contribution in [0.15, 0.2) is 24.3 Å². The van der Waals surface area contributed by atoms with Crippen molar-refractivity contribution in [2.45, 2.75) is 26.2 Å². The number of benzene rings is 1. The highest BCUT2D eigenvalue weighted by atomic mass is 35.5. The number of hydrogen-bond donors (Lipinski definition) is 3. The summed E-state index contributed by atoms with van der Waals surface area (Å²) in [5.74, 6) is -1.40. The van der Waals surface area contributed by atoms with Crippen LogP contribution in [-0.4, -0.2) is 51.7 Å². The number of halogens is 1. The molecule has 3 N–H and O–H groups in total. The predicted octanol–water partition coefficient (Wildman–Crippen LogP) is 2.42. The summed E-state index contributed by atoms with van der Waals surface area (Å²) in [6, 6.07) is 7.79. The number of hydrogen-bond acceptors (Lipinski definition) is 6. The second kappa shape index (κ2) is 9.09. The van der Waals surface area contributed by atoms with Crippen LogP contribution in [0.1, 0.15) is 34.8 Å². The number of aromatic nitrogens is 2. The van der Waals surface area contributed by atoms with Gasteiger partial charge in [0.25, 0.3) is 5.91 Å². The maximum atomic E-state index is 12.2. The molecular weight excluding hydrogens is 396 g/mol. The minimum absolute atomic E-state index is 0.190. The van der Waals surface area contributed by atoms with Crippen molar-refractivity contribution < 1.29 is 19.8 Å². The Morgan fingerprint density at radius 1 is 1.28 bits per heavy atom. The van der Waals surface area contributed by atoms with Crippen molar-refractivity contribution in [3.8, 4) is 5.75 Å². The number of anilines is 1. The molecule has 3 rings (SSSR count). The third-order valence-electron chi connectivity index (χ3n) is 4.98. The van der Waals surface area contributed by atoms with E-state index in [0.29, 0.717) is 28.9 Å². The number of carbonyl (C=O) groups excluding carboxylic acids is 1. The van der Waals surface area contributed by atoms with Crippen LogP contribution in [0.5, 0.6) is 5.75 Å². The topological polar surface area (TPSA) is 116 Å². The van der Waals surface area contributed by atoms with Crippen LogP contribution in [0.4, 0.5) is 5.69 Å². The van der Waals surface area contributed by atoms with Gasteiger partial charge >= 0.3 is 5.97 Å². The Morgan fingerprint density at radius 3 is 2.66 bits per heavy atom. The fraction of sp³-hybridized carbons (Fsp3) is 0.400. The van der Waals surface area contributed by atoms with E-state index < -0.39 is 18.4 Å². The molecule has 2 heterocycles. The molecule has 0 unspecified atom stereocenters. The normalized spacial score (nSPS) is 14.6. The molecule has 1 aromatic heterocycles. The Labute approximate surface area is 173 Å². The lowest BCUT2D eigenvalue weighted by Crippen LogP contribution is -2.34. The van der Waals surface area contributed by atoms with Crippen LogP contribution in [0.3, 0.4) is 0 Å². The second-order valence-corrected chi connectivity index (χ2v) is 7.55. The van der Waals surface area contributed by atoms with Gasteiger partial charge in [-0.15, -0.1) is 0 Å². The van der Waals surface area contributed by atoms with Gasteiger partial charge in [-0.25, -0.2) is 9.97 Å². The van der Waals surface area contributed by atoms with Crippen molar-refractivity contribution >= 4 is 29.2 Å². The number of carboxylic acid groups (broad SMARTS) is 1. The molecule has 2 aromatic rings. The van der Waals surface area contributed by atoms with Crippen molar-refractivity contribution in [2.75, 3.05) is 24.5 Å². The molecule has 0 aliphatic carbocycles. The van der Waals surface area contributed by atoms with Gasteiger partial charge in [0.1, 0.15) is 12.4 Å². The van der Waals surface area contributed by atoms with Crippen LogP contribution in [-0.2, 0) is 11.2 Å². The molecule has 1 aromatic carbocycles. The number of aliphatic carboxylic acids is 1. The van der Waals surface area contributed by atoms with Crippen molar-refractivity contribution in [3.05, 3.63) is 46.5 Å². The van der Waals surface area contributed by atoms with E-state index in [1.807, 2.05) is 24.3 Å². The summed E-state index contributed by atoms with van der Waals surface area (Å²) >= 11 is 6.08. The number of amides is 1. The summed E-state index contributed by atoms with van der Waals surface area (Å²) in [6.45, 7) is 2.82. The number of nitrogens with zero attached hydrogens (tertiary/aromatic N) is 3. The van der Waals surface area contributed by atoms with Gasteiger partial charge < -0.3 is 20.4 Å². The second-order valence-electron chi connectivity index (χ2n) is 7.11. The average molecular weight is 419 g/mol. The zero-order chi connectivity index (χ0) is 21.0. The van der Waals surface area contributed by atoms with Gasteiger partial charge in [0, 0.05) is 30.2 Å². The molecule has 0 radical (unpaired) electrons. The number of nitrogens with one attached hydrogen (secondary N) is 1. The lowest BCUT2D eigenvalue weighted by atomic mass is 9.93. The van der Waals surface area contributed by atoms with Crippen LogP contribution in [0.2, 0.25) is 5.02 Å². The number of rotatable bonds is 6. The minimum Gasteiger partial charge on any atom is -0.504 e. The Hall–Kier alpha value is -2.87. The highest BCUT2D eigenvalue weighted by molar-refractivity contribution is 6.30. The summed E-state index contributed by atoms with van der Waals surface area (Å²) in [6.07, 6.45) is 2.47. The van der Waals surface area contributed by atoms with E-state index in [0.717, 1.165) is 31.6 Å². The maximum absolute atomic E-state index is 12.2. The standard InChI is InChI=1S/C20H23ClN4O4/c1-12-19(28)18(20(29)22-11-17(26)27)24-16(23-12)9-13-5-7-25(8-6-13)15-4-2-3-14(21)10-15/h2-4,10,13,28H,5-9,11H2,1H3,(H,22,29)(H,26,27). The summed E-state index contributed by atoms with van der Waals surface area (Å²) in [7, 11) is 0. The fourth-order valence-corrected chi connectivity index (χ4v) is 3.62. The van der Waals surface area contributed by atoms with Crippen molar-refractivity contribution in [1.29, 1.82) is 0 Å². The van der Waals surface area contributed by atoms with Gasteiger partial charge in [0.2, 0.25) is 0 Å². The summed E-state index contributed by atoms with van der Waals surface area (Å²) in [5, 5.41) is 21.7. The third kappa shape index (κ3) is 5.35. The molecule has 1 aliphatic heterocycles. The molecule has 0 spiro atoms. The molecule has 1 aliphatic rings. The van der Waals surface area contributed by atoms with Crippen LogP contribution >= 0.6 is 11.6 Å². The van der Waals surface area contributed by atoms with E-state index >= 15 is 0 Å². The zero-order valence-electron chi connectivity index (χ0n) is 16.1. The van der Waals surface area contributed by atoms with E-state index in [1.165, 1.54) is 0 Å².